The van der Waals surface area contributed by atoms with Crippen LogP contribution < -0.4 is 5.32 Å². The van der Waals surface area contributed by atoms with Crippen LogP contribution in [0.25, 0.3) is 5.69 Å². The molecule has 3 rings (SSSR count). The van der Waals surface area contributed by atoms with Gasteiger partial charge in [0.25, 0.3) is 0 Å². The largest absolute Gasteiger partial charge is 0.349 e. The highest BCUT2D eigenvalue weighted by molar-refractivity contribution is 14.0. The summed E-state index contributed by atoms with van der Waals surface area (Å²) in [7, 11) is 1.84. The predicted molar refractivity (Wildman–Crippen MR) is 112 cm³/mol. The number of hydrogen-bond donors (Lipinski definition) is 1. The summed E-state index contributed by atoms with van der Waals surface area (Å²) in [5.74, 6) is 1.81. The standard InChI is InChI=1S/C18H26N6.HI/c1-4-18(2)10-11-23(13-18)17(19-3)20-12-16-22-21-14-24(16)15-8-6-5-7-9-15;/h5-9,14H,4,10-13H2,1-3H3,(H,19,20);1H. The summed E-state index contributed by atoms with van der Waals surface area (Å²) in [5.41, 5.74) is 1.45. The Labute approximate surface area is 166 Å². The molecular weight excluding hydrogens is 427 g/mol. The molecule has 0 aliphatic carbocycles. The van der Waals surface area contributed by atoms with Crippen LogP contribution >= 0.6 is 24.0 Å². The van der Waals surface area contributed by atoms with Crippen LogP contribution in [0.2, 0.25) is 0 Å². The minimum Gasteiger partial charge on any atom is -0.349 e. The first-order chi connectivity index (χ1) is 11.6. The van der Waals surface area contributed by atoms with Gasteiger partial charge in [0, 0.05) is 25.8 Å². The fourth-order valence-corrected chi connectivity index (χ4v) is 3.17. The van der Waals surface area contributed by atoms with Crippen molar-refractivity contribution >= 4 is 29.9 Å². The minimum atomic E-state index is 0. The molecule has 0 saturated carbocycles. The van der Waals surface area contributed by atoms with Gasteiger partial charge in [-0.05, 0) is 30.4 Å². The molecule has 1 N–H and O–H groups in total. The number of hydrogen-bond acceptors (Lipinski definition) is 3. The molecule has 1 atom stereocenters. The van der Waals surface area contributed by atoms with Gasteiger partial charge in [-0.1, -0.05) is 32.0 Å². The van der Waals surface area contributed by atoms with E-state index >= 15 is 0 Å². The summed E-state index contributed by atoms with van der Waals surface area (Å²) in [4.78, 5) is 6.79. The minimum absolute atomic E-state index is 0. The van der Waals surface area contributed by atoms with E-state index in [1.54, 1.807) is 6.33 Å². The lowest BCUT2D eigenvalue weighted by Crippen LogP contribution is -2.41. The Morgan fingerprint density at radius 2 is 2.08 bits per heavy atom. The molecule has 25 heavy (non-hydrogen) atoms. The fraction of sp³-hybridized carbons (Fsp3) is 0.500. The first-order valence-corrected chi connectivity index (χ1v) is 8.55. The smallest absolute Gasteiger partial charge is 0.194 e. The maximum atomic E-state index is 4.45. The summed E-state index contributed by atoms with van der Waals surface area (Å²) >= 11 is 0. The van der Waals surface area contributed by atoms with E-state index < -0.39 is 0 Å². The van der Waals surface area contributed by atoms with E-state index in [1.807, 2.05) is 29.8 Å². The van der Waals surface area contributed by atoms with Crippen LogP contribution in [-0.2, 0) is 6.54 Å². The molecule has 1 fully saturated rings. The van der Waals surface area contributed by atoms with E-state index in [2.05, 4.69) is 51.4 Å². The number of nitrogens with one attached hydrogen (secondary N) is 1. The van der Waals surface area contributed by atoms with Gasteiger partial charge in [-0.2, -0.15) is 0 Å². The third kappa shape index (κ3) is 4.50. The second kappa shape index (κ2) is 8.64. The molecular formula is C18H27IN6. The van der Waals surface area contributed by atoms with E-state index in [-0.39, 0.29) is 24.0 Å². The van der Waals surface area contributed by atoms with Crippen molar-refractivity contribution in [1.82, 2.24) is 25.0 Å². The lowest BCUT2D eigenvalue weighted by Gasteiger charge is -2.25. The molecule has 136 valence electrons. The van der Waals surface area contributed by atoms with E-state index in [0.717, 1.165) is 30.6 Å². The van der Waals surface area contributed by atoms with E-state index in [0.29, 0.717) is 12.0 Å². The molecule has 7 heteroatoms. The molecule has 6 nitrogen and oxygen atoms in total. The summed E-state index contributed by atoms with van der Waals surface area (Å²) in [5, 5.41) is 11.7. The van der Waals surface area contributed by atoms with Gasteiger partial charge in [-0.3, -0.25) is 9.56 Å². The molecule has 1 aromatic heterocycles. The topological polar surface area (TPSA) is 58.3 Å². The van der Waals surface area contributed by atoms with Crippen LogP contribution in [0, 0.1) is 5.41 Å². The van der Waals surface area contributed by atoms with Crippen molar-refractivity contribution in [3.8, 4) is 5.69 Å². The average Bonchev–Trinajstić information content (AvgIpc) is 3.24. The van der Waals surface area contributed by atoms with Crippen molar-refractivity contribution in [2.75, 3.05) is 20.1 Å². The van der Waals surface area contributed by atoms with Gasteiger partial charge < -0.3 is 10.2 Å². The van der Waals surface area contributed by atoms with Gasteiger partial charge in [0.15, 0.2) is 11.8 Å². The number of aliphatic imine (C=N–C) groups is 1. The lowest BCUT2D eigenvalue weighted by molar-refractivity contribution is 0.322. The molecule has 2 heterocycles. The maximum absolute atomic E-state index is 4.45. The second-order valence-electron chi connectivity index (χ2n) is 6.69. The lowest BCUT2D eigenvalue weighted by atomic mass is 9.87. The Balaban J connectivity index is 0.00000225. The van der Waals surface area contributed by atoms with E-state index in [4.69, 9.17) is 0 Å². The van der Waals surface area contributed by atoms with Crippen LogP contribution in [0.5, 0.6) is 0 Å². The molecule has 1 aromatic carbocycles. The maximum Gasteiger partial charge on any atom is 0.194 e. The van der Waals surface area contributed by atoms with Crippen molar-refractivity contribution in [2.24, 2.45) is 10.4 Å². The molecule has 0 spiro atoms. The van der Waals surface area contributed by atoms with Gasteiger partial charge in [0.1, 0.15) is 6.33 Å². The van der Waals surface area contributed by atoms with Crippen LogP contribution in [-0.4, -0.2) is 45.8 Å². The van der Waals surface area contributed by atoms with Crippen molar-refractivity contribution in [1.29, 1.82) is 0 Å². The molecule has 1 unspecified atom stereocenters. The summed E-state index contributed by atoms with van der Waals surface area (Å²) in [6, 6.07) is 10.1. The fourth-order valence-electron chi connectivity index (χ4n) is 3.17. The zero-order valence-corrected chi connectivity index (χ0v) is 17.5. The average molecular weight is 454 g/mol. The third-order valence-electron chi connectivity index (χ3n) is 4.98. The zero-order valence-electron chi connectivity index (χ0n) is 15.1. The summed E-state index contributed by atoms with van der Waals surface area (Å²) in [6.45, 7) is 7.32. The van der Waals surface area contributed by atoms with E-state index in [1.165, 1.54) is 12.8 Å². The molecule has 0 amide bonds. The van der Waals surface area contributed by atoms with Gasteiger partial charge in [-0.25, -0.2) is 0 Å². The number of benzene rings is 1. The van der Waals surface area contributed by atoms with Crippen molar-refractivity contribution in [3.05, 3.63) is 42.5 Å². The molecule has 0 radical (unpaired) electrons. The van der Waals surface area contributed by atoms with Crippen LogP contribution in [0.1, 0.15) is 32.5 Å². The number of halogens is 1. The quantitative estimate of drug-likeness (QED) is 0.439. The van der Waals surface area contributed by atoms with Gasteiger partial charge in [0.2, 0.25) is 0 Å². The van der Waals surface area contributed by atoms with Gasteiger partial charge in [-0.15, -0.1) is 34.2 Å². The highest BCUT2D eigenvalue weighted by Crippen LogP contribution is 2.32. The highest BCUT2D eigenvalue weighted by atomic mass is 127. The zero-order chi connectivity index (χ0) is 17.0. The van der Waals surface area contributed by atoms with Gasteiger partial charge in [0.05, 0.1) is 6.54 Å². The SMILES string of the molecule is CCC1(C)CCN(C(=NC)NCc2nncn2-c2ccccc2)C1.I. The van der Waals surface area contributed by atoms with Crippen molar-refractivity contribution in [2.45, 2.75) is 33.2 Å². The third-order valence-corrected chi connectivity index (χ3v) is 4.98. The Morgan fingerprint density at radius 3 is 2.72 bits per heavy atom. The molecule has 2 aromatic rings. The van der Waals surface area contributed by atoms with Crippen LogP contribution in [0.15, 0.2) is 41.7 Å². The van der Waals surface area contributed by atoms with E-state index in [9.17, 15) is 0 Å². The second-order valence-corrected chi connectivity index (χ2v) is 6.69. The summed E-state index contributed by atoms with van der Waals surface area (Å²) in [6.07, 6.45) is 4.16. The predicted octanol–water partition coefficient (Wildman–Crippen LogP) is 3.08. The molecule has 1 saturated heterocycles. The number of likely N-dealkylation sites (tertiary alicyclic amines) is 1. The monoisotopic (exact) mass is 454 g/mol. The molecule has 1 aliphatic heterocycles. The van der Waals surface area contributed by atoms with Crippen LogP contribution in [0.4, 0.5) is 0 Å². The Morgan fingerprint density at radius 1 is 1.32 bits per heavy atom. The Kier molecular flexibility index (Phi) is 6.80. The number of nitrogens with zero attached hydrogens (tertiary/aromatic N) is 5. The van der Waals surface area contributed by atoms with Crippen LogP contribution in [0.3, 0.4) is 0 Å². The number of guanidine groups is 1. The van der Waals surface area contributed by atoms with Crippen molar-refractivity contribution in [3.63, 3.8) is 0 Å². The molecule has 1 aliphatic rings. The number of para-hydroxylation sites is 1. The first kappa shape index (κ1) is 19.7. The highest BCUT2D eigenvalue weighted by Gasteiger charge is 2.33. The first-order valence-electron chi connectivity index (χ1n) is 8.55. The Bertz CT molecular complexity index is 699. The molecule has 0 bridgehead atoms. The Hall–Kier alpha value is -1.64. The number of aromatic nitrogens is 3. The summed E-state index contributed by atoms with van der Waals surface area (Å²) < 4.78 is 2.00. The van der Waals surface area contributed by atoms with Gasteiger partial charge >= 0.3 is 0 Å². The van der Waals surface area contributed by atoms with Crippen molar-refractivity contribution < 1.29 is 0 Å². The normalized spacial score (nSPS) is 20.4. The number of rotatable bonds is 4.